The third-order valence-corrected chi connectivity index (χ3v) is 7.19. The van der Waals surface area contributed by atoms with E-state index in [1.165, 1.54) is 0 Å². The Morgan fingerprint density at radius 2 is 1.89 bits per heavy atom. The summed E-state index contributed by atoms with van der Waals surface area (Å²) in [7, 11) is 1.82. The van der Waals surface area contributed by atoms with Crippen LogP contribution in [-0.2, 0) is 23.8 Å². The van der Waals surface area contributed by atoms with E-state index >= 15 is 0 Å². The smallest absolute Gasteiger partial charge is 0.261 e. The highest BCUT2D eigenvalue weighted by molar-refractivity contribution is 7.91. The van der Waals surface area contributed by atoms with E-state index < -0.39 is 16.1 Å². The maximum atomic E-state index is 13.2. The van der Waals surface area contributed by atoms with Crippen LogP contribution in [-0.4, -0.2) is 24.6 Å². The average molecular weight is 402 g/mol. The minimum atomic E-state index is -1.37. The standard InChI is InChI=1S/C22H31N3O2S/c1-14-12-16(15(2)24-28(27)21(3,4)5)18-17(13-14)19(26)25(7)20(23-18)22(6)10-8-9-11-22/h12-13H,8-11H2,1-7H3/t28-/m1/s1. The van der Waals surface area contributed by atoms with Crippen LogP contribution in [0.3, 0.4) is 0 Å². The van der Waals surface area contributed by atoms with Gasteiger partial charge in [-0.1, -0.05) is 24.2 Å². The van der Waals surface area contributed by atoms with Crippen LogP contribution in [0.25, 0.3) is 10.9 Å². The lowest BCUT2D eigenvalue weighted by molar-refractivity contribution is 0.435. The first-order chi connectivity index (χ1) is 12.9. The van der Waals surface area contributed by atoms with E-state index in [1.54, 1.807) is 4.57 Å². The van der Waals surface area contributed by atoms with Crippen LogP contribution in [0.5, 0.6) is 0 Å². The topological polar surface area (TPSA) is 70.3 Å². The number of fused-ring (bicyclic) bond motifs is 1. The molecule has 0 saturated heterocycles. The Bertz CT molecular complexity index is 995. The summed E-state index contributed by atoms with van der Waals surface area (Å²) in [6, 6.07) is 3.89. The van der Waals surface area contributed by atoms with Gasteiger partial charge in [0.05, 0.1) is 16.6 Å². The second-order valence-corrected chi connectivity index (χ2v) is 11.2. The Balaban J connectivity index is 2.28. The molecule has 3 rings (SSSR count). The third-order valence-electron chi connectivity index (χ3n) is 5.71. The van der Waals surface area contributed by atoms with Crippen molar-refractivity contribution in [1.29, 1.82) is 0 Å². The van der Waals surface area contributed by atoms with Gasteiger partial charge in [0.15, 0.2) is 0 Å². The van der Waals surface area contributed by atoms with Gasteiger partial charge in [0.25, 0.3) is 5.56 Å². The van der Waals surface area contributed by atoms with Crippen molar-refractivity contribution in [3.05, 3.63) is 39.4 Å². The Labute approximate surface area is 170 Å². The van der Waals surface area contributed by atoms with E-state index in [1.807, 2.05) is 53.8 Å². The molecular formula is C22H31N3O2S. The van der Waals surface area contributed by atoms with Crippen LogP contribution in [0.2, 0.25) is 0 Å². The number of benzene rings is 1. The predicted molar refractivity (Wildman–Crippen MR) is 118 cm³/mol. The molecule has 6 heteroatoms. The van der Waals surface area contributed by atoms with Crippen LogP contribution in [0.15, 0.2) is 21.3 Å². The molecule has 1 aromatic heterocycles. The molecule has 0 N–H and O–H groups in total. The number of hydrogen-bond acceptors (Lipinski definition) is 4. The molecule has 1 fully saturated rings. The first kappa shape index (κ1) is 21.1. The van der Waals surface area contributed by atoms with Crippen molar-refractivity contribution < 1.29 is 4.55 Å². The van der Waals surface area contributed by atoms with Crippen molar-refractivity contribution in [2.75, 3.05) is 0 Å². The largest absolute Gasteiger partial charge is 0.591 e. The highest BCUT2D eigenvalue weighted by Crippen LogP contribution is 2.39. The number of nitrogens with zero attached hydrogens (tertiary/aromatic N) is 3. The van der Waals surface area contributed by atoms with Crippen molar-refractivity contribution in [2.45, 2.75) is 77.4 Å². The molecule has 0 spiro atoms. The zero-order valence-electron chi connectivity index (χ0n) is 18.0. The molecule has 1 heterocycles. The summed E-state index contributed by atoms with van der Waals surface area (Å²) in [4.78, 5) is 18.2. The summed E-state index contributed by atoms with van der Waals surface area (Å²) in [6.07, 6.45) is 4.41. The van der Waals surface area contributed by atoms with E-state index in [0.29, 0.717) is 16.6 Å². The zero-order chi connectivity index (χ0) is 20.9. The van der Waals surface area contributed by atoms with Gasteiger partial charge >= 0.3 is 0 Å². The second-order valence-electron chi connectivity index (χ2n) is 9.31. The maximum Gasteiger partial charge on any atom is 0.261 e. The van der Waals surface area contributed by atoms with Gasteiger partial charge in [-0.25, -0.2) is 4.98 Å². The summed E-state index contributed by atoms with van der Waals surface area (Å²) < 4.78 is 18.3. The lowest BCUT2D eigenvalue weighted by atomic mass is 9.87. The van der Waals surface area contributed by atoms with Crippen molar-refractivity contribution in [1.82, 2.24) is 9.55 Å². The van der Waals surface area contributed by atoms with E-state index in [4.69, 9.17) is 4.98 Å². The Morgan fingerprint density at radius 3 is 2.46 bits per heavy atom. The Hall–Kier alpha value is -1.66. The molecule has 1 aliphatic rings. The lowest BCUT2D eigenvalue weighted by Crippen LogP contribution is -2.32. The second kappa shape index (κ2) is 7.30. The van der Waals surface area contributed by atoms with E-state index in [0.717, 1.165) is 42.6 Å². The van der Waals surface area contributed by atoms with E-state index in [-0.39, 0.29) is 11.0 Å². The molecule has 0 radical (unpaired) electrons. The minimum Gasteiger partial charge on any atom is -0.591 e. The van der Waals surface area contributed by atoms with Crippen molar-refractivity contribution in [2.24, 2.45) is 11.4 Å². The summed E-state index contributed by atoms with van der Waals surface area (Å²) in [5, 5.41) is 0.596. The van der Waals surface area contributed by atoms with Crippen LogP contribution in [0.4, 0.5) is 0 Å². The molecule has 1 aromatic carbocycles. The van der Waals surface area contributed by atoms with Gasteiger partial charge in [-0.15, -0.1) is 0 Å². The maximum absolute atomic E-state index is 13.2. The first-order valence-electron chi connectivity index (χ1n) is 9.93. The van der Waals surface area contributed by atoms with Gasteiger partial charge in [-0.05, 0) is 65.2 Å². The molecule has 5 nitrogen and oxygen atoms in total. The molecule has 28 heavy (non-hydrogen) atoms. The van der Waals surface area contributed by atoms with Crippen LogP contribution >= 0.6 is 0 Å². The number of rotatable bonds is 3. The van der Waals surface area contributed by atoms with Crippen LogP contribution in [0, 0.1) is 6.92 Å². The highest BCUT2D eigenvalue weighted by atomic mass is 32.2. The lowest BCUT2D eigenvalue weighted by Gasteiger charge is -2.26. The number of aryl methyl sites for hydroxylation is 1. The minimum absolute atomic E-state index is 0.0252. The molecule has 0 amide bonds. The normalized spacial score (nSPS) is 18.6. The summed E-state index contributed by atoms with van der Waals surface area (Å²) in [5.41, 5.74) is 2.99. The molecule has 152 valence electrons. The number of aromatic nitrogens is 2. The molecular weight excluding hydrogens is 370 g/mol. The molecule has 0 unspecified atom stereocenters. The van der Waals surface area contributed by atoms with Gasteiger partial charge in [0.2, 0.25) is 0 Å². The third kappa shape index (κ3) is 3.77. The molecule has 2 aromatic rings. The Kier molecular flexibility index (Phi) is 5.49. The SMILES string of the molecule is CC(=N[S@+]([O-])C(C)(C)C)c1cc(C)cc2c(=O)n(C)c(C3(C)CCCC3)nc12. The average Bonchev–Trinajstić information content (AvgIpc) is 3.04. The van der Waals surface area contributed by atoms with Crippen molar-refractivity contribution in [3.63, 3.8) is 0 Å². The molecule has 1 aliphatic carbocycles. The van der Waals surface area contributed by atoms with Crippen molar-refractivity contribution in [3.8, 4) is 0 Å². The monoisotopic (exact) mass is 401 g/mol. The summed E-state index contributed by atoms with van der Waals surface area (Å²) in [6.45, 7) is 11.7. The Morgan fingerprint density at radius 1 is 1.29 bits per heavy atom. The van der Waals surface area contributed by atoms with Crippen LogP contribution < -0.4 is 5.56 Å². The predicted octanol–water partition coefficient (Wildman–Crippen LogP) is 4.34. The van der Waals surface area contributed by atoms with Gasteiger partial charge in [-0.3, -0.25) is 9.36 Å². The molecule has 0 bridgehead atoms. The zero-order valence-corrected chi connectivity index (χ0v) is 18.9. The first-order valence-corrected chi connectivity index (χ1v) is 11.0. The van der Waals surface area contributed by atoms with Gasteiger partial charge in [0.1, 0.15) is 21.9 Å². The van der Waals surface area contributed by atoms with E-state index in [9.17, 15) is 9.35 Å². The van der Waals surface area contributed by atoms with Crippen molar-refractivity contribution >= 4 is 28.0 Å². The summed E-state index contributed by atoms with van der Waals surface area (Å²) >= 11 is -1.37. The van der Waals surface area contributed by atoms with Gasteiger partial charge in [0, 0.05) is 18.0 Å². The highest BCUT2D eigenvalue weighted by Gasteiger charge is 2.35. The quantitative estimate of drug-likeness (QED) is 0.567. The molecule has 1 saturated carbocycles. The fourth-order valence-electron chi connectivity index (χ4n) is 4.03. The summed E-state index contributed by atoms with van der Waals surface area (Å²) in [5.74, 6) is 0.845. The molecule has 1 atom stereocenters. The fraction of sp³-hybridized carbons (Fsp3) is 0.591. The fourth-order valence-corrected chi connectivity index (χ4v) is 4.65. The van der Waals surface area contributed by atoms with Gasteiger partial charge < -0.3 is 4.55 Å². The number of hydrogen-bond donors (Lipinski definition) is 0. The molecule has 0 aliphatic heterocycles. The van der Waals surface area contributed by atoms with Crippen LogP contribution in [0.1, 0.15) is 77.3 Å². The van der Waals surface area contributed by atoms with Gasteiger partial charge in [-0.2, -0.15) is 0 Å². The van der Waals surface area contributed by atoms with E-state index in [2.05, 4.69) is 11.3 Å².